The van der Waals surface area contributed by atoms with Crippen LogP contribution in [0.4, 0.5) is 21.7 Å². The maximum Gasteiger partial charge on any atom is 0.215 e. The molecule has 2 aromatic heterocycles. The Morgan fingerprint density at radius 1 is 0.857 bits per heavy atom. The number of halogens is 1. The molecule has 3 aromatic rings. The van der Waals surface area contributed by atoms with Gasteiger partial charge in [0.25, 0.3) is 0 Å². The number of benzene rings is 1. The molecule has 0 aliphatic heterocycles. The lowest BCUT2D eigenvalue weighted by Crippen LogP contribution is -2.30. The summed E-state index contributed by atoms with van der Waals surface area (Å²) in [5.41, 5.74) is 1.37. The number of anilines is 3. The van der Waals surface area contributed by atoms with Gasteiger partial charge in [-0.15, -0.1) is 10.2 Å². The van der Waals surface area contributed by atoms with Crippen molar-refractivity contribution in [2.75, 3.05) is 23.7 Å². The van der Waals surface area contributed by atoms with Gasteiger partial charge < -0.3 is 10.6 Å². The van der Waals surface area contributed by atoms with Crippen molar-refractivity contribution in [2.24, 2.45) is 0 Å². The number of nitrogens with zero attached hydrogens (tertiary/aromatic N) is 3. The molecule has 3 rings (SSSR count). The summed E-state index contributed by atoms with van der Waals surface area (Å²) in [6, 6.07) is 12.5. The van der Waals surface area contributed by atoms with E-state index in [1.165, 1.54) is 24.3 Å². The molecule has 0 amide bonds. The summed E-state index contributed by atoms with van der Waals surface area (Å²) < 4.78 is 39.4. The number of pyridine rings is 1. The van der Waals surface area contributed by atoms with Gasteiger partial charge in [-0.05, 0) is 42.0 Å². The first-order valence-corrected chi connectivity index (χ1v) is 10.1. The second-order valence-corrected chi connectivity index (χ2v) is 7.68. The van der Waals surface area contributed by atoms with Gasteiger partial charge in [-0.1, -0.05) is 12.1 Å². The van der Waals surface area contributed by atoms with E-state index in [4.69, 9.17) is 0 Å². The summed E-state index contributed by atoms with van der Waals surface area (Å²) in [5, 5.41) is 14.2. The summed E-state index contributed by atoms with van der Waals surface area (Å²) in [6.45, 7) is 0.524. The summed E-state index contributed by atoms with van der Waals surface area (Å²) in [4.78, 5) is 3.94. The Balaban J connectivity index is 1.42. The van der Waals surface area contributed by atoms with Crippen LogP contribution in [0.1, 0.15) is 5.56 Å². The Kier molecular flexibility index (Phi) is 6.45. The van der Waals surface area contributed by atoms with Crippen molar-refractivity contribution in [1.29, 1.82) is 0 Å². The van der Waals surface area contributed by atoms with E-state index in [1.807, 2.05) is 12.1 Å². The maximum absolute atomic E-state index is 12.9. The SMILES string of the molecule is O=S(=O)(Cc1ccc(F)cc1)NCCNc1ccc(Nc2ccncc2)nn1. The summed E-state index contributed by atoms with van der Waals surface area (Å²) in [7, 11) is -3.51. The van der Waals surface area contributed by atoms with Gasteiger partial charge in [0.2, 0.25) is 10.0 Å². The number of hydrogen-bond donors (Lipinski definition) is 3. The third-order valence-corrected chi connectivity index (χ3v) is 5.00. The fraction of sp³-hybridized carbons (Fsp3) is 0.167. The average Bonchev–Trinajstić information content (AvgIpc) is 2.69. The van der Waals surface area contributed by atoms with Crippen molar-refractivity contribution >= 4 is 27.3 Å². The molecule has 0 bridgehead atoms. The van der Waals surface area contributed by atoms with Gasteiger partial charge in [-0.2, -0.15) is 0 Å². The Bertz CT molecular complexity index is 983. The highest BCUT2D eigenvalue weighted by Gasteiger charge is 2.11. The van der Waals surface area contributed by atoms with Gasteiger partial charge in [-0.3, -0.25) is 4.98 Å². The lowest BCUT2D eigenvalue weighted by atomic mass is 10.2. The second-order valence-electron chi connectivity index (χ2n) is 5.87. The van der Waals surface area contributed by atoms with Crippen LogP contribution in [0.3, 0.4) is 0 Å². The summed E-state index contributed by atoms with van der Waals surface area (Å²) in [5.74, 6) is 0.499. The van der Waals surface area contributed by atoms with Gasteiger partial charge in [0, 0.05) is 31.2 Å². The Labute approximate surface area is 162 Å². The molecule has 1 aromatic carbocycles. The first kappa shape index (κ1) is 19.6. The van der Waals surface area contributed by atoms with E-state index in [9.17, 15) is 12.8 Å². The molecule has 0 saturated carbocycles. The van der Waals surface area contributed by atoms with Crippen LogP contribution in [0.2, 0.25) is 0 Å². The maximum atomic E-state index is 12.9. The minimum atomic E-state index is -3.51. The third-order valence-electron chi connectivity index (χ3n) is 3.64. The van der Waals surface area contributed by atoms with Crippen LogP contribution < -0.4 is 15.4 Å². The summed E-state index contributed by atoms with van der Waals surface area (Å²) in [6.07, 6.45) is 3.34. The third kappa shape index (κ3) is 6.25. The quantitative estimate of drug-likeness (QED) is 0.471. The van der Waals surface area contributed by atoms with Crippen LogP contribution >= 0.6 is 0 Å². The molecule has 0 aliphatic rings. The first-order chi connectivity index (χ1) is 13.5. The second kappa shape index (κ2) is 9.20. The molecule has 0 fully saturated rings. The van der Waals surface area contributed by atoms with Crippen molar-refractivity contribution in [3.8, 4) is 0 Å². The van der Waals surface area contributed by atoms with E-state index in [-0.39, 0.29) is 12.3 Å². The van der Waals surface area contributed by atoms with Crippen LogP contribution in [0.15, 0.2) is 60.9 Å². The van der Waals surface area contributed by atoms with Crippen LogP contribution in [0, 0.1) is 5.82 Å². The average molecular weight is 402 g/mol. The molecule has 0 aliphatic carbocycles. The predicted molar refractivity (Wildman–Crippen MR) is 105 cm³/mol. The minimum Gasteiger partial charge on any atom is -0.367 e. The monoisotopic (exact) mass is 402 g/mol. The minimum absolute atomic E-state index is 0.183. The Morgan fingerprint density at radius 2 is 1.54 bits per heavy atom. The van der Waals surface area contributed by atoms with Crippen LogP contribution in [-0.4, -0.2) is 36.7 Å². The van der Waals surface area contributed by atoms with E-state index < -0.39 is 15.8 Å². The zero-order valence-corrected chi connectivity index (χ0v) is 15.7. The largest absolute Gasteiger partial charge is 0.367 e. The highest BCUT2D eigenvalue weighted by atomic mass is 32.2. The normalized spacial score (nSPS) is 11.2. The molecule has 146 valence electrons. The van der Waals surface area contributed by atoms with Gasteiger partial charge in [0.05, 0.1) is 5.75 Å². The number of rotatable bonds is 9. The van der Waals surface area contributed by atoms with Gasteiger partial charge in [0.15, 0.2) is 5.82 Å². The van der Waals surface area contributed by atoms with Crippen molar-refractivity contribution in [3.05, 3.63) is 72.3 Å². The van der Waals surface area contributed by atoms with E-state index in [1.54, 1.807) is 24.5 Å². The van der Waals surface area contributed by atoms with Crippen LogP contribution in [0.5, 0.6) is 0 Å². The number of sulfonamides is 1. The van der Waals surface area contributed by atoms with Crippen molar-refractivity contribution in [2.45, 2.75) is 5.75 Å². The molecule has 3 N–H and O–H groups in total. The molecule has 0 radical (unpaired) electrons. The fourth-order valence-electron chi connectivity index (χ4n) is 2.32. The highest BCUT2D eigenvalue weighted by Crippen LogP contribution is 2.13. The van der Waals surface area contributed by atoms with Crippen LogP contribution in [0.25, 0.3) is 0 Å². The van der Waals surface area contributed by atoms with Gasteiger partial charge in [0.1, 0.15) is 11.6 Å². The van der Waals surface area contributed by atoms with Gasteiger partial charge >= 0.3 is 0 Å². The van der Waals surface area contributed by atoms with E-state index in [0.29, 0.717) is 23.7 Å². The number of nitrogens with one attached hydrogen (secondary N) is 3. The smallest absolute Gasteiger partial charge is 0.215 e. The molecular weight excluding hydrogens is 383 g/mol. The van der Waals surface area contributed by atoms with E-state index in [0.717, 1.165) is 5.69 Å². The van der Waals surface area contributed by atoms with Crippen molar-refractivity contribution < 1.29 is 12.8 Å². The van der Waals surface area contributed by atoms with E-state index >= 15 is 0 Å². The highest BCUT2D eigenvalue weighted by molar-refractivity contribution is 7.88. The molecule has 2 heterocycles. The Morgan fingerprint density at radius 3 is 2.21 bits per heavy atom. The van der Waals surface area contributed by atoms with Gasteiger partial charge in [-0.25, -0.2) is 17.5 Å². The Hall–Kier alpha value is -3.11. The molecule has 0 saturated heterocycles. The first-order valence-electron chi connectivity index (χ1n) is 8.47. The predicted octanol–water partition coefficient (Wildman–Crippen LogP) is 2.29. The fourth-order valence-corrected chi connectivity index (χ4v) is 3.47. The lowest BCUT2D eigenvalue weighted by Gasteiger charge is -2.09. The van der Waals surface area contributed by atoms with Crippen molar-refractivity contribution in [3.63, 3.8) is 0 Å². The number of hydrogen-bond acceptors (Lipinski definition) is 7. The van der Waals surface area contributed by atoms with Crippen LogP contribution in [-0.2, 0) is 15.8 Å². The lowest BCUT2D eigenvalue weighted by molar-refractivity contribution is 0.581. The topological polar surface area (TPSA) is 109 Å². The number of aromatic nitrogens is 3. The van der Waals surface area contributed by atoms with Crippen molar-refractivity contribution in [1.82, 2.24) is 19.9 Å². The van der Waals surface area contributed by atoms with E-state index in [2.05, 4.69) is 30.5 Å². The molecule has 28 heavy (non-hydrogen) atoms. The molecule has 0 unspecified atom stereocenters. The molecule has 0 atom stereocenters. The zero-order chi connectivity index (χ0) is 19.8. The standard InChI is InChI=1S/C18H19FN6O2S/c19-15-3-1-14(2-4-15)13-28(26,27)22-12-11-21-17-5-6-18(25-24-17)23-16-7-9-20-10-8-16/h1-10,22H,11-13H2,(H,21,24)(H,20,23,25). The summed E-state index contributed by atoms with van der Waals surface area (Å²) >= 11 is 0. The zero-order valence-electron chi connectivity index (χ0n) is 14.8. The molecule has 10 heteroatoms. The molecular formula is C18H19FN6O2S. The molecule has 8 nitrogen and oxygen atoms in total. The molecule has 0 spiro atoms.